The SMILES string of the molecule is COc1cc(N)ccc1NC(=O)C(F)(F)F.CS(=O)(=O)Nc1ccc([N+](=O)[O-])cc1Cl.O=C(O)c1ccco1. The quantitative estimate of drug-likeness (QED) is 0.179. The number of carboxylic acids is 1. The molecule has 2 aromatic carbocycles. The van der Waals surface area contributed by atoms with E-state index in [0.29, 0.717) is 5.69 Å². The fourth-order valence-corrected chi connectivity index (χ4v) is 3.16. The number of nitro benzene ring substituents is 1. The number of benzene rings is 2. The minimum atomic E-state index is -4.94. The van der Waals surface area contributed by atoms with Gasteiger partial charge in [0, 0.05) is 23.9 Å². The number of methoxy groups -OCH3 is 1. The third-order valence-electron chi connectivity index (χ3n) is 3.92. The Morgan fingerprint density at radius 1 is 1.15 bits per heavy atom. The Morgan fingerprint density at radius 3 is 2.18 bits per heavy atom. The Kier molecular flexibility index (Phi) is 11.6. The van der Waals surface area contributed by atoms with Crippen LogP contribution in [0.25, 0.3) is 0 Å². The number of halogens is 4. The fourth-order valence-electron chi connectivity index (χ4n) is 2.30. The number of non-ortho nitro benzene ring substituents is 1. The molecule has 0 atom stereocenters. The van der Waals surface area contributed by atoms with Crippen molar-refractivity contribution in [2.75, 3.05) is 29.1 Å². The first kappa shape index (κ1) is 32.5. The van der Waals surface area contributed by atoms with E-state index in [9.17, 15) is 41.3 Å². The Morgan fingerprint density at radius 2 is 1.77 bits per heavy atom. The van der Waals surface area contributed by atoms with Crippen molar-refractivity contribution in [3.63, 3.8) is 0 Å². The van der Waals surface area contributed by atoms with Gasteiger partial charge in [0.15, 0.2) is 0 Å². The maximum atomic E-state index is 12.0. The smallest absolute Gasteiger partial charge is 0.471 e. The standard InChI is InChI=1S/C9H9F3N2O2.C7H7ClN2O4S.C5H4O3/c1-16-7-4-5(13)2-3-6(7)14-8(15)9(10,11)12;1-15(13,14)9-7-3-2-5(10(11)12)4-6(7)8;6-5(7)4-2-1-3-8-4/h2-4H,13H2,1H3,(H,14,15);2-4,9H,1H3;1-3H,(H,6,7). The summed E-state index contributed by atoms with van der Waals surface area (Å²) < 4.78 is 69.1. The topological polar surface area (TPSA) is 204 Å². The van der Waals surface area contributed by atoms with Gasteiger partial charge in [0.25, 0.3) is 5.69 Å². The largest absolute Gasteiger partial charge is 0.494 e. The van der Waals surface area contributed by atoms with Gasteiger partial charge in [-0.1, -0.05) is 11.6 Å². The number of nitrogen functional groups attached to an aromatic ring is 1. The van der Waals surface area contributed by atoms with Gasteiger partial charge in [-0.25, -0.2) is 13.2 Å². The third kappa shape index (κ3) is 11.6. The lowest BCUT2D eigenvalue weighted by Crippen LogP contribution is -2.30. The summed E-state index contributed by atoms with van der Waals surface area (Å²) in [6, 6.07) is 10.3. The Balaban J connectivity index is 0.000000308. The molecule has 0 bridgehead atoms. The van der Waals surface area contributed by atoms with Gasteiger partial charge in [0.05, 0.1) is 40.9 Å². The first-order chi connectivity index (χ1) is 17.9. The number of nitrogens with one attached hydrogen (secondary N) is 2. The maximum absolute atomic E-state index is 12.0. The number of sulfonamides is 1. The van der Waals surface area contributed by atoms with Gasteiger partial charge in [-0.2, -0.15) is 13.2 Å². The molecule has 0 unspecified atom stereocenters. The molecule has 0 fully saturated rings. The zero-order valence-electron chi connectivity index (χ0n) is 19.9. The lowest BCUT2D eigenvalue weighted by molar-refractivity contribution is -0.384. The number of nitrogens with two attached hydrogens (primary N) is 1. The number of hydrogen-bond acceptors (Lipinski definition) is 9. The van der Waals surface area contributed by atoms with Crippen molar-refractivity contribution in [2.24, 2.45) is 0 Å². The highest BCUT2D eigenvalue weighted by Gasteiger charge is 2.39. The number of ether oxygens (including phenoxy) is 1. The first-order valence-corrected chi connectivity index (χ1v) is 12.2. The molecule has 212 valence electrons. The van der Waals surface area contributed by atoms with E-state index in [-0.39, 0.29) is 33.6 Å². The summed E-state index contributed by atoms with van der Waals surface area (Å²) in [7, 11) is -2.18. The first-order valence-electron chi connectivity index (χ1n) is 9.94. The molecule has 0 spiro atoms. The van der Waals surface area contributed by atoms with Gasteiger partial charge in [0.1, 0.15) is 5.75 Å². The zero-order chi connectivity index (χ0) is 30.0. The van der Waals surface area contributed by atoms with E-state index < -0.39 is 33.0 Å². The van der Waals surface area contributed by atoms with Crippen LogP contribution in [0.15, 0.2) is 59.2 Å². The van der Waals surface area contributed by atoms with Crippen molar-refractivity contribution >= 4 is 56.3 Å². The zero-order valence-corrected chi connectivity index (χ0v) is 21.4. The number of nitrogens with zero attached hydrogens (tertiary/aromatic N) is 1. The number of rotatable bonds is 6. The van der Waals surface area contributed by atoms with E-state index in [1.54, 1.807) is 5.32 Å². The number of carbonyl (C=O) groups excluding carboxylic acids is 1. The van der Waals surface area contributed by atoms with Gasteiger partial charge >= 0.3 is 18.1 Å². The summed E-state index contributed by atoms with van der Waals surface area (Å²) in [5.74, 6) is -3.05. The van der Waals surface area contributed by atoms with Crippen LogP contribution >= 0.6 is 11.6 Å². The molecular formula is C21H20ClF3N4O9S. The van der Waals surface area contributed by atoms with Gasteiger partial charge in [0.2, 0.25) is 15.8 Å². The number of nitro groups is 1. The molecule has 0 aliphatic carbocycles. The normalized spacial score (nSPS) is 10.6. The van der Waals surface area contributed by atoms with Gasteiger partial charge in [-0.3, -0.25) is 19.6 Å². The highest BCUT2D eigenvalue weighted by molar-refractivity contribution is 7.92. The van der Waals surface area contributed by atoms with E-state index in [4.69, 9.17) is 27.2 Å². The number of aromatic carboxylic acids is 1. The molecule has 0 saturated carbocycles. The summed E-state index contributed by atoms with van der Waals surface area (Å²) in [5.41, 5.74) is 5.56. The molecule has 1 heterocycles. The number of anilines is 3. The van der Waals surface area contributed by atoms with Crippen LogP contribution in [0.4, 0.5) is 35.9 Å². The van der Waals surface area contributed by atoms with Crippen LogP contribution < -0.4 is 20.5 Å². The van der Waals surface area contributed by atoms with Gasteiger partial charge in [-0.15, -0.1) is 0 Å². The highest BCUT2D eigenvalue weighted by atomic mass is 35.5. The minimum Gasteiger partial charge on any atom is -0.494 e. The molecule has 18 heteroatoms. The van der Waals surface area contributed by atoms with Crippen molar-refractivity contribution in [3.05, 3.63) is 75.7 Å². The van der Waals surface area contributed by atoms with E-state index in [2.05, 4.69) is 9.14 Å². The maximum Gasteiger partial charge on any atom is 0.471 e. The molecule has 3 aromatic rings. The molecular weight excluding hydrogens is 577 g/mol. The second kappa shape index (κ2) is 13.9. The predicted octanol–water partition coefficient (Wildman–Crippen LogP) is 4.38. The van der Waals surface area contributed by atoms with Crippen LogP contribution in [0.2, 0.25) is 5.02 Å². The molecule has 13 nitrogen and oxygen atoms in total. The summed E-state index contributed by atoms with van der Waals surface area (Å²) >= 11 is 5.65. The number of amides is 1. The van der Waals surface area contributed by atoms with Crippen LogP contribution in [0.3, 0.4) is 0 Å². The summed E-state index contributed by atoms with van der Waals surface area (Å²) in [6.07, 6.45) is -2.65. The number of alkyl halides is 3. The number of carboxylic acid groups (broad SMARTS) is 1. The third-order valence-corrected chi connectivity index (χ3v) is 4.83. The summed E-state index contributed by atoms with van der Waals surface area (Å²) in [5, 5.41) is 20.2. The average molecular weight is 597 g/mol. The molecule has 0 aliphatic rings. The monoisotopic (exact) mass is 596 g/mol. The molecule has 5 N–H and O–H groups in total. The molecule has 1 amide bonds. The van der Waals surface area contributed by atoms with Crippen molar-refractivity contribution in [3.8, 4) is 5.75 Å². The van der Waals surface area contributed by atoms with Crippen LogP contribution in [-0.2, 0) is 14.8 Å². The van der Waals surface area contributed by atoms with Crippen molar-refractivity contribution < 1.29 is 50.4 Å². The van der Waals surface area contributed by atoms with Crippen LogP contribution in [0, 0.1) is 10.1 Å². The molecule has 1 aromatic heterocycles. The van der Waals surface area contributed by atoms with Crippen molar-refractivity contribution in [1.82, 2.24) is 0 Å². The van der Waals surface area contributed by atoms with Crippen LogP contribution in [0.5, 0.6) is 5.75 Å². The molecule has 0 radical (unpaired) electrons. The summed E-state index contributed by atoms with van der Waals surface area (Å²) in [4.78, 5) is 30.4. The molecule has 3 rings (SSSR count). The van der Waals surface area contributed by atoms with Crippen molar-refractivity contribution in [2.45, 2.75) is 6.18 Å². The Hall–Kier alpha value is -4.51. The van der Waals surface area contributed by atoms with Gasteiger partial charge < -0.3 is 25.3 Å². The second-order valence-electron chi connectivity index (χ2n) is 6.99. The molecule has 39 heavy (non-hydrogen) atoms. The van der Waals surface area contributed by atoms with E-state index in [0.717, 1.165) is 12.3 Å². The molecule has 0 saturated heterocycles. The minimum absolute atomic E-state index is 0.0189. The van der Waals surface area contributed by atoms with Gasteiger partial charge in [-0.05, 0) is 30.3 Å². The predicted molar refractivity (Wildman–Crippen MR) is 134 cm³/mol. The summed E-state index contributed by atoms with van der Waals surface area (Å²) in [6.45, 7) is 0. The average Bonchev–Trinajstić information content (AvgIpc) is 3.36. The second-order valence-corrected chi connectivity index (χ2v) is 9.15. The van der Waals surface area contributed by atoms with Crippen LogP contribution in [0.1, 0.15) is 10.6 Å². The Bertz CT molecular complexity index is 1420. The fraction of sp³-hybridized carbons (Fsp3) is 0.143. The van der Waals surface area contributed by atoms with E-state index >= 15 is 0 Å². The lowest BCUT2D eigenvalue weighted by Gasteiger charge is -2.11. The molecule has 0 aliphatic heterocycles. The Labute approximate surface area is 223 Å². The lowest BCUT2D eigenvalue weighted by atomic mass is 10.2. The van der Waals surface area contributed by atoms with E-state index in [1.165, 1.54) is 55.8 Å². The number of carbonyl (C=O) groups is 2. The van der Waals surface area contributed by atoms with E-state index in [1.807, 2.05) is 0 Å². The number of furan rings is 1. The number of hydrogen-bond donors (Lipinski definition) is 4. The van der Waals surface area contributed by atoms with Crippen LogP contribution in [-0.4, -0.2) is 49.9 Å². The highest BCUT2D eigenvalue weighted by Crippen LogP contribution is 2.29. The van der Waals surface area contributed by atoms with Crippen molar-refractivity contribution in [1.29, 1.82) is 0 Å².